The van der Waals surface area contributed by atoms with Crippen LogP contribution in [0.2, 0.25) is 0 Å². The van der Waals surface area contributed by atoms with Gasteiger partial charge in [-0.3, -0.25) is 0 Å². The van der Waals surface area contributed by atoms with Crippen molar-refractivity contribution in [3.63, 3.8) is 0 Å². The minimum absolute atomic E-state index is 1.08. The number of hydrogen-bond acceptors (Lipinski definition) is 1. The van der Waals surface area contributed by atoms with Crippen molar-refractivity contribution in [1.29, 1.82) is 0 Å². The van der Waals surface area contributed by atoms with E-state index in [0.717, 1.165) is 13.1 Å². The van der Waals surface area contributed by atoms with Crippen LogP contribution >= 0.6 is 0 Å². The Morgan fingerprint density at radius 3 is 2.80 bits per heavy atom. The van der Waals surface area contributed by atoms with Crippen LogP contribution in [0.1, 0.15) is 31.4 Å². The van der Waals surface area contributed by atoms with Crippen LogP contribution in [-0.4, -0.2) is 13.1 Å². The van der Waals surface area contributed by atoms with Gasteiger partial charge in [-0.25, -0.2) is 0 Å². The van der Waals surface area contributed by atoms with E-state index in [4.69, 9.17) is 0 Å². The fourth-order valence-corrected chi connectivity index (χ4v) is 2.41. The Labute approximate surface area is 92.2 Å². The van der Waals surface area contributed by atoms with Gasteiger partial charge in [-0.15, -0.1) is 0 Å². The third-order valence-electron chi connectivity index (χ3n) is 3.08. The Balaban J connectivity index is 0.000000404. The zero-order valence-electron chi connectivity index (χ0n) is 9.64. The largest absolute Gasteiger partial charge is 0.312 e. The van der Waals surface area contributed by atoms with Gasteiger partial charge in [0.25, 0.3) is 0 Å². The lowest BCUT2D eigenvalue weighted by Crippen LogP contribution is -2.22. The molecule has 15 heavy (non-hydrogen) atoms. The van der Waals surface area contributed by atoms with Crippen molar-refractivity contribution in [2.45, 2.75) is 26.7 Å². The van der Waals surface area contributed by atoms with Crippen LogP contribution in [0, 0.1) is 0 Å². The molecule has 3 rings (SSSR count). The first-order chi connectivity index (χ1) is 7.45. The molecule has 0 unspecified atom stereocenters. The summed E-state index contributed by atoms with van der Waals surface area (Å²) < 4.78 is 0. The third-order valence-corrected chi connectivity index (χ3v) is 3.08. The molecular weight excluding hydrogens is 182 g/mol. The molecule has 1 heteroatoms. The molecule has 0 bridgehead atoms. The Bertz CT molecular complexity index is 377. The fraction of sp³-hybridized carbons (Fsp3) is 0.429. The van der Waals surface area contributed by atoms with E-state index in [0.29, 0.717) is 0 Å². The Kier molecular flexibility index (Phi) is 3.22. The highest BCUT2D eigenvalue weighted by atomic mass is 14.9. The first kappa shape index (κ1) is 10.4. The summed E-state index contributed by atoms with van der Waals surface area (Å²) in [5, 5.41) is 3.44. The van der Waals surface area contributed by atoms with Crippen molar-refractivity contribution >= 4 is 5.57 Å². The van der Waals surface area contributed by atoms with Gasteiger partial charge in [-0.05, 0) is 36.1 Å². The number of rotatable bonds is 0. The topological polar surface area (TPSA) is 12.0 Å². The van der Waals surface area contributed by atoms with Crippen LogP contribution in [0.4, 0.5) is 0 Å². The standard InChI is InChI=1S/C12H13N.C2H6/c1-2-4-11-9(3-1)7-10-5-6-13-8-12(10)11;1-2/h1-4,13H,5-8H2;1-2H3. The molecular formula is C14H19N. The van der Waals surface area contributed by atoms with Crippen LogP contribution < -0.4 is 5.32 Å². The van der Waals surface area contributed by atoms with Crippen LogP contribution in [0.5, 0.6) is 0 Å². The molecule has 1 aliphatic carbocycles. The Hall–Kier alpha value is -1.08. The number of benzene rings is 1. The predicted molar refractivity (Wildman–Crippen MR) is 65.9 cm³/mol. The summed E-state index contributed by atoms with van der Waals surface area (Å²) in [4.78, 5) is 0. The van der Waals surface area contributed by atoms with E-state index in [1.54, 1.807) is 11.1 Å². The molecule has 1 aromatic carbocycles. The van der Waals surface area contributed by atoms with Crippen LogP contribution in [0.25, 0.3) is 5.57 Å². The van der Waals surface area contributed by atoms with Crippen molar-refractivity contribution in [3.05, 3.63) is 41.0 Å². The lowest BCUT2D eigenvalue weighted by molar-refractivity contribution is 0.712. The van der Waals surface area contributed by atoms with Gasteiger partial charge in [-0.1, -0.05) is 43.7 Å². The normalized spacial score (nSPS) is 17.7. The average Bonchev–Trinajstić information content (AvgIpc) is 2.70. The second-order valence-corrected chi connectivity index (χ2v) is 3.84. The van der Waals surface area contributed by atoms with Gasteiger partial charge in [0.05, 0.1) is 0 Å². The van der Waals surface area contributed by atoms with Crippen molar-refractivity contribution in [3.8, 4) is 0 Å². The van der Waals surface area contributed by atoms with E-state index in [-0.39, 0.29) is 0 Å². The molecule has 0 amide bonds. The molecule has 0 radical (unpaired) electrons. The van der Waals surface area contributed by atoms with Crippen LogP contribution in [-0.2, 0) is 6.42 Å². The van der Waals surface area contributed by atoms with Gasteiger partial charge >= 0.3 is 0 Å². The molecule has 0 spiro atoms. The maximum absolute atomic E-state index is 3.44. The van der Waals surface area contributed by atoms with Gasteiger partial charge in [-0.2, -0.15) is 0 Å². The van der Waals surface area contributed by atoms with Gasteiger partial charge in [0, 0.05) is 6.54 Å². The molecule has 0 aromatic heterocycles. The van der Waals surface area contributed by atoms with E-state index in [2.05, 4.69) is 29.6 Å². The molecule has 1 aliphatic heterocycles. The quantitative estimate of drug-likeness (QED) is 0.680. The van der Waals surface area contributed by atoms with Crippen LogP contribution in [0.3, 0.4) is 0 Å². The minimum Gasteiger partial charge on any atom is -0.312 e. The SMILES string of the molecule is CC.c1ccc2c(c1)CC1=C2CNCC1. The predicted octanol–water partition coefficient (Wildman–Crippen LogP) is 3.02. The summed E-state index contributed by atoms with van der Waals surface area (Å²) in [6.07, 6.45) is 2.44. The zero-order chi connectivity index (χ0) is 10.7. The molecule has 0 saturated heterocycles. The second-order valence-electron chi connectivity index (χ2n) is 3.84. The smallest absolute Gasteiger partial charge is 0.0211 e. The van der Waals surface area contributed by atoms with Gasteiger partial charge < -0.3 is 5.32 Å². The van der Waals surface area contributed by atoms with Crippen LogP contribution in [0.15, 0.2) is 29.8 Å². The number of hydrogen-bond donors (Lipinski definition) is 1. The van der Waals surface area contributed by atoms with Crippen molar-refractivity contribution in [2.24, 2.45) is 0 Å². The molecule has 0 fully saturated rings. The highest BCUT2D eigenvalue weighted by Gasteiger charge is 2.22. The van der Waals surface area contributed by atoms with E-state index in [1.807, 2.05) is 13.8 Å². The van der Waals surface area contributed by atoms with E-state index in [1.165, 1.54) is 24.0 Å². The summed E-state index contributed by atoms with van der Waals surface area (Å²) in [5.74, 6) is 0. The summed E-state index contributed by atoms with van der Waals surface area (Å²) in [6, 6.07) is 8.80. The number of fused-ring (bicyclic) bond motifs is 2. The number of nitrogens with one attached hydrogen (secondary N) is 1. The van der Waals surface area contributed by atoms with Gasteiger partial charge in [0.15, 0.2) is 0 Å². The van der Waals surface area contributed by atoms with E-state index < -0.39 is 0 Å². The average molecular weight is 201 g/mol. The Morgan fingerprint density at radius 2 is 1.93 bits per heavy atom. The fourth-order valence-electron chi connectivity index (χ4n) is 2.41. The molecule has 1 N–H and O–H groups in total. The molecule has 0 atom stereocenters. The molecule has 1 aromatic rings. The summed E-state index contributed by atoms with van der Waals surface area (Å²) >= 11 is 0. The molecule has 0 saturated carbocycles. The lowest BCUT2D eigenvalue weighted by Gasteiger charge is -2.15. The van der Waals surface area contributed by atoms with Crippen molar-refractivity contribution in [2.75, 3.05) is 13.1 Å². The highest BCUT2D eigenvalue weighted by molar-refractivity contribution is 5.78. The second kappa shape index (κ2) is 4.63. The molecule has 80 valence electrons. The first-order valence-corrected chi connectivity index (χ1v) is 5.95. The van der Waals surface area contributed by atoms with Crippen molar-refractivity contribution in [1.82, 2.24) is 5.32 Å². The monoisotopic (exact) mass is 201 g/mol. The van der Waals surface area contributed by atoms with Crippen molar-refractivity contribution < 1.29 is 0 Å². The van der Waals surface area contributed by atoms with Gasteiger partial charge in [0.1, 0.15) is 0 Å². The zero-order valence-corrected chi connectivity index (χ0v) is 9.64. The maximum atomic E-state index is 3.44. The molecule has 1 nitrogen and oxygen atoms in total. The van der Waals surface area contributed by atoms with E-state index >= 15 is 0 Å². The molecule has 1 heterocycles. The third kappa shape index (κ3) is 1.84. The first-order valence-electron chi connectivity index (χ1n) is 5.95. The minimum atomic E-state index is 1.08. The molecule has 2 aliphatic rings. The van der Waals surface area contributed by atoms with Gasteiger partial charge in [0.2, 0.25) is 0 Å². The lowest BCUT2D eigenvalue weighted by atomic mass is 10.0. The summed E-state index contributed by atoms with van der Waals surface area (Å²) in [6.45, 7) is 6.24. The Morgan fingerprint density at radius 1 is 1.13 bits per heavy atom. The summed E-state index contributed by atoms with van der Waals surface area (Å²) in [7, 11) is 0. The maximum Gasteiger partial charge on any atom is 0.0211 e. The highest BCUT2D eigenvalue weighted by Crippen LogP contribution is 2.35. The van der Waals surface area contributed by atoms with E-state index in [9.17, 15) is 0 Å². The summed E-state index contributed by atoms with van der Waals surface area (Å²) in [5.41, 5.74) is 6.25.